The quantitative estimate of drug-likeness (QED) is 0.756. The molecular formula is C18H24ClNO3S. The predicted octanol–water partition coefficient (Wildman–Crippen LogP) is 3.82. The molecule has 2 aliphatic heterocycles. The zero-order chi connectivity index (χ0) is 17.2. The zero-order valence-corrected chi connectivity index (χ0v) is 15.7. The number of rotatable bonds is 4. The molecule has 2 fully saturated rings. The fraction of sp³-hybridized carbons (Fsp3) is 0.611. The fourth-order valence-electron chi connectivity index (χ4n) is 3.41. The van der Waals surface area contributed by atoms with Crippen LogP contribution >= 0.6 is 23.4 Å². The monoisotopic (exact) mass is 369 g/mol. The first-order valence-electron chi connectivity index (χ1n) is 8.47. The normalized spacial score (nSPS) is 24.8. The van der Waals surface area contributed by atoms with Gasteiger partial charge in [0.05, 0.1) is 23.5 Å². The molecule has 2 atom stereocenters. The number of thioether (sulfide) groups is 1. The Morgan fingerprint density at radius 1 is 1.38 bits per heavy atom. The van der Waals surface area contributed by atoms with E-state index in [0.717, 1.165) is 24.3 Å². The van der Waals surface area contributed by atoms with Crippen LogP contribution in [0.4, 0.5) is 0 Å². The van der Waals surface area contributed by atoms with E-state index >= 15 is 0 Å². The van der Waals surface area contributed by atoms with Crippen molar-refractivity contribution in [1.29, 1.82) is 0 Å². The van der Waals surface area contributed by atoms with Crippen molar-refractivity contribution in [2.45, 2.75) is 42.6 Å². The standard InChI is InChI=1S/C18H24ClNO3S/c1-13(24-16-8-4-3-7-15(16)19)17(21)20-9-5-6-14(12-20)18(2)22-10-11-23-18/h3-4,7-8,13-14H,5-6,9-12H2,1-2H3/t13-,14+/m1/s1. The molecule has 0 bridgehead atoms. The van der Waals surface area contributed by atoms with Crippen molar-refractivity contribution >= 4 is 29.3 Å². The van der Waals surface area contributed by atoms with E-state index in [4.69, 9.17) is 21.1 Å². The summed E-state index contributed by atoms with van der Waals surface area (Å²) >= 11 is 7.73. The smallest absolute Gasteiger partial charge is 0.235 e. The van der Waals surface area contributed by atoms with Crippen molar-refractivity contribution in [3.8, 4) is 0 Å². The second-order valence-electron chi connectivity index (χ2n) is 6.53. The van der Waals surface area contributed by atoms with Gasteiger partial charge in [-0.1, -0.05) is 23.7 Å². The maximum absolute atomic E-state index is 12.9. The van der Waals surface area contributed by atoms with Crippen LogP contribution < -0.4 is 0 Å². The third-order valence-electron chi connectivity index (χ3n) is 4.82. The number of nitrogens with zero attached hydrogens (tertiary/aromatic N) is 1. The summed E-state index contributed by atoms with van der Waals surface area (Å²) in [6.07, 6.45) is 2.02. The summed E-state index contributed by atoms with van der Waals surface area (Å²) < 4.78 is 11.6. The molecule has 0 aliphatic carbocycles. The Balaban J connectivity index is 1.62. The SMILES string of the molecule is C[C@@H](Sc1ccccc1Cl)C(=O)N1CCC[C@H](C2(C)OCCO2)C1. The molecule has 0 saturated carbocycles. The van der Waals surface area contributed by atoms with Gasteiger partial charge in [0.2, 0.25) is 5.91 Å². The molecular weight excluding hydrogens is 346 g/mol. The van der Waals surface area contributed by atoms with E-state index in [0.29, 0.717) is 24.8 Å². The maximum Gasteiger partial charge on any atom is 0.235 e. The van der Waals surface area contributed by atoms with Crippen molar-refractivity contribution < 1.29 is 14.3 Å². The Kier molecular flexibility index (Phi) is 5.75. The summed E-state index contributed by atoms with van der Waals surface area (Å²) in [7, 11) is 0. The first kappa shape index (κ1) is 18.1. The van der Waals surface area contributed by atoms with Gasteiger partial charge >= 0.3 is 0 Å². The molecule has 0 aromatic heterocycles. The topological polar surface area (TPSA) is 38.8 Å². The molecule has 1 aromatic rings. The Morgan fingerprint density at radius 3 is 2.79 bits per heavy atom. The van der Waals surface area contributed by atoms with Gasteiger partial charge in [-0.05, 0) is 38.8 Å². The number of piperidine rings is 1. The number of halogens is 1. The average molecular weight is 370 g/mol. The van der Waals surface area contributed by atoms with Crippen LogP contribution in [0.5, 0.6) is 0 Å². The van der Waals surface area contributed by atoms with Crippen LogP contribution in [-0.2, 0) is 14.3 Å². The zero-order valence-electron chi connectivity index (χ0n) is 14.2. The molecule has 24 heavy (non-hydrogen) atoms. The van der Waals surface area contributed by atoms with Gasteiger partial charge in [0.15, 0.2) is 5.79 Å². The van der Waals surface area contributed by atoms with Crippen LogP contribution in [0.25, 0.3) is 0 Å². The van der Waals surface area contributed by atoms with E-state index in [9.17, 15) is 4.79 Å². The highest BCUT2D eigenvalue weighted by Gasteiger charge is 2.43. The summed E-state index contributed by atoms with van der Waals surface area (Å²) in [5, 5.41) is 0.529. The van der Waals surface area contributed by atoms with Crippen molar-refractivity contribution in [2.75, 3.05) is 26.3 Å². The second-order valence-corrected chi connectivity index (χ2v) is 8.32. The van der Waals surface area contributed by atoms with Gasteiger partial charge in [-0.15, -0.1) is 11.8 Å². The van der Waals surface area contributed by atoms with Gasteiger partial charge < -0.3 is 14.4 Å². The minimum Gasteiger partial charge on any atom is -0.347 e. The largest absolute Gasteiger partial charge is 0.347 e. The molecule has 0 spiro atoms. The molecule has 0 N–H and O–H groups in total. The summed E-state index contributed by atoms with van der Waals surface area (Å²) in [5.41, 5.74) is 0. The first-order valence-corrected chi connectivity index (χ1v) is 9.73. The van der Waals surface area contributed by atoms with Crippen molar-refractivity contribution in [3.05, 3.63) is 29.3 Å². The third kappa shape index (κ3) is 3.90. The number of benzene rings is 1. The first-order chi connectivity index (χ1) is 11.5. The molecule has 6 heteroatoms. The fourth-order valence-corrected chi connectivity index (χ4v) is 4.65. The molecule has 1 amide bonds. The number of carbonyl (C=O) groups excluding carboxylic acids is 1. The maximum atomic E-state index is 12.9. The Labute approximate surface area is 152 Å². The van der Waals surface area contributed by atoms with Gasteiger partial charge in [-0.25, -0.2) is 0 Å². The van der Waals surface area contributed by atoms with Crippen LogP contribution in [0, 0.1) is 5.92 Å². The Morgan fingerprint density at radius 2 is 2.08 bits per heavy atom. The predicted molar refractivity (Wildman–Crippen MR) is 96.4 cm³/mol. The minimum absolute atomic E-state index is 0.159. The lowest BCUT2D eigenvalue weighted by Crippen LogP contribution is -2.50. The lowest BCUT2D eigenvalue weighted by Gasteiger charge is -2.40. The highest BCUT2D eigenvalue weighted by Crippen LogP contribution is 2.36. The van der Waals surface area contributed by atoms with Crippen molar-refractivity contribution in [3.63, 3.8) is 0 Å². The average Bonchev–Trinajstić information content (AvgIpc) is 3.04. The van der Waals surface area contributed by atoms with Crippen LogP contribution in [0.3, 0.4) is 0 Å². The molecule has 3 rings (SSSR count). The Hall–Kier alpha value is -0.750. The van der Waals surface area contributed by atoms with Gasteiger partial charge in [-0.3, -0.25) is 4.79 Å². The van der Waals surface area contributed by atoms with Gasteiger partial charge in [-0.2, -0.15) is 0 Å². The number of amides is 1. The number of ether oxygens (including phenoxy) is 2. The number of likely N-dealkylation sites (tertiary alicyclic amines) is 1. The highest BCUT2D eigenvalue weighted by molar-refractivity contribution is 8.00. The molecule has 0 unspecified atom stereocenters. The van der Waals surface area contributed by atoms with Gasteiger partial charge in [0.25, 0.3) is 0 Å². The van der Waals surface area contributed by atoms with E-state index in [1.807, 2.05) is 43.0 Å². The Bertz CT molecular complexity index is 591. The van der Waals surface area contributed by atoms with Crippen molar-refractivity contribution in [2.24, 2.45) is 5.92 Å². The van der Waals surface area contributed by atoms with Crippen LogP contribution in [0.2, 0.25) is 5.02 Å². The highest BCUT2D eigenvalue weighted by atomic mass is 35.5. The lowest BCUT2D eigenvalue weighted by atomic mass is 9.90. The second kappa shape index (κ2) is 7.65. The van der Waals surface area contributed by atoms with Crippen LogP contribution in [0.15, 0.2) is 29.2 Å². The minimum atomic E-state index is -0.544. The lowest BCUT2D eigenvalue weighted by molar-refractivity contribution is -0.192. The number of carbonyl (C=O) groups is 1. The molecule has 132 valence electrons. The van der Waals surface area contributed by atoms with E-state index in [2.05, 4.69) is 0 Å². The van der Waals surface area contributed by atoms with Gasteiger partial charge in [0.1, 0.15) is 0 Å². The molecule has 0 radical (unpaired) electrons. The molecule has 2 heterocycles. The molecule has 4 nitrogen and oxygen atoms in total. The molecule has 2 aliphatic rings. The van der Waals surface area contributed by atoms with Gasteiger partial charge in [0, 0.05) is 23.9 Å². The van der Waals surface area contributed by atoms with Crippen molar-refractivity contribution in [1.82, 2.24) is 4.90 Å². The molecule has 2 saturated heterocycles. The van der Waals surface area contributed by atoms with Crippen LogP contribution in [-0.4, -0.2) is 48.1 Å². The summed E-state index contributed by atoms with van der Waals surface area (Å²) in [6, 6.07) is 7.65. The number of hydrogen-bond acceptors (Lipinski definition) is 4. The molecule has 1 aromatic carbocycles. The van der Waals surface area contributed by atoms with E-state index in [1.165, 1.54) is 11.8 Å². The summed E-state index contributed by atoms with van der Waals surface area (Å²) in [4.78, 5) is 15.8. The summed E-state index contributed by atoms with van der Waals surface area (Å²) in [6.45, 7) is 6.73. The summed E-state index contributed by atoms with van der Waals surface area (Å²) in [5.74, 6) is -0.153. The van der Waals surface area contributed by atoms with E-state index < -0.39 is 5.79 Å². The third-order valence-corrected chi connectivity index (χ3v) is 6.43. The van der Waals surface area contributed by atoms with Crippen LogP contribution in [0.1, 0.15) is 26.7 Å². The number of hydrogen-bond donors (Lipinski definition) is 0. The van der Waals surface area contributed by atoms with E-state index in [-0.39, 0.29) is 17.1 Å². The van der Waals surface area contributed by atoms with E-state index in [1.54, 1.807) is 0 Å².